The maximum Gasteiger partial charge on any atom is 0.0674 e. The van der Waals surface area contributed by atoms with Crippen LogP contribution in [0.1, 0.15) is 24.1 Å². The number of ether oxygens (including phenoxy) is 1. The second-order valence-electron chi connectivity index (χ2n) is 4.96. The fourth-order valence-corrected chi connectivity index (χ4v) is 2.25. The molecule has 1 aliphatic heterocycles. The van der Waals surface area contributed by atoms with Crippen molar-refractivity contribution in [3.8, 4) is 0 Å². The Kier molecular flexibility index (Phi) is 4.15. The standard InChI is InChI=1S/C14H22N2O/c1-11-3-5-13(6-4-11)14(15)10-16-7-8-17-12(2)9-16/h3-6,12,14H,7-10,15H2,1-2H3. The number of aryl methyl sites for hydroxylation is 1. The summed E-state index contributed by atoms with van der Waals surface area (Å²) in [4.78, 5) is 2.39. The van der Waals surface area contributed by atoms with Crippen LogP contribution in [0.2, 0.25) is 0 Å². The minimum atomic E-state index is 0.0981. The normalized spacial score (nSPS) is 23.6. The van der Waals surface area contributed by atoms with Crippen LogP contribution < -0.4 is 5.73 Å². The van der Waals surface area contributed by atoms with Gasteiger partial charge in [0.15, 0.2) is 0 Å². The van der Waals surface area contributed by atoms with Gasteiger partial charge in [-0.2, -0.15) is 0 Å². The average molecular weight is 234 g/mol. The van der Waals surface area contributed by atoms with Crippen molar-refractivity contribution in [3.05, 3.63) is 35.4 Å². The molecule has 0 amide bonds. The van der Waals surface area contributed by atoms with Crippen molar-refractivity contribution in [2.45, 2.75) is 26.0 Å². The predicted molar refractivity (Wildman–Crippen MR) is 70.0 cm³/mol. The Morgan fingerprint density at radius 2 is 2.12 bits per heavy atom. The van der Waals surface area contributed by atoms with Gasteiger partial charge in [-0.3, -0.25) is 4.90 Å². The molecule has 0 radical (unpaired) electrons. The first-order valence-electron chi connectivity index (χ1n) is 6.31. The Morgan fingerprint density at radius 1 is 1.41 bits per heavy atom. The van der Waals surface area contributed by atoms with Crippen molar-refractivity contribution in [1.82, 2.24) is 4.90 Å². The highest BCUT2D eigenvalue weighted by Gasteiger charge is 2.19. The van der Waals surface area contributed by atoms with E-state index in [-0.39, 0.29) is 6.04 Å². The van der Waals surface area contributed by atoms with Crippen LogP contribution in [0.25, 0.3) is 0 Å². The number of hydrogen-bond acceptors (Lipinski definition) is 3. The molecule has 1 aromatic carbocycles. The molecule has 0 saturated carbocycles. The van der Waals surface area contributed by atoms with Gasteiger partial charge in [0, 0.05) is 25.7 Å². The van der Waals surface area contributed by atoms with E-state index < -0.39 is 0 Å². The van der Waals surface area contributed by atoms with Crippen molar-refractivity contribution in [2.75, 3.05) is 26.2 Å². The van der Waals surface area contributed by atoms with Crippen LogP contribution in [0.15, 0.2) is 24.3 Å². The van der Waals surface area contributed by atoms with Gasteiger partial charge in [-0.15, -0.1) is 0 Å². The highest BCUT2D eigenvalue weighted by Crippen LogP contribution is 2.14. The second-order valence-corrected chi connectivity index (χ2v) is 4.96. The minimum absolute atomic E-state index is 0.0981. The van der Waals surface area contributed by atoms with Gasteiger partial charge in [0.05, 0.1) is 12.7 Å². The van der Waals surface area contributed by atoms with Gasteiger partial charge in [0.25, 0.3) is 0 Å². The lowest BCUT2D eigenvalue weighted by molar-refractivity contribution is -0.0199. The van der Waals surface area contributed by atoms with Crippen molar-refractivity contribution in [1.29, 1.82) is 0 Å². The summed E-state index contributed by atoms with van der Waals surface area (Å²) < 4.78 is 5.53. The smallest absolute Gasteiger partial charge is 0.0674 e. The molecule has 0 spiro atoms. The molecule has 2 atom stereocenters. The molecule has 1 aliphatic rings. The van der Waals surface area contributed by atoms with Gasteiger partial charge in [0.2, 0.25) is 0 Å². The zero-order valence-corrected chi connectivity index (χ0v) is 10.7. The lowest BCUT2D eigenvalue weighted by atomic mass is 10.1. The molecule has 0 aliphatic carbocycles. The Hall–Kier alpha value is -0.900. The third-order valence-corrected chi connectivity index (χ3v) is 3.29. The van der Waals surface area contributed by atoms with Crippen molar-refractivity contribution in [2.24, 2.45) is 5.73 Å². The molecular formula is C14H22N2O. The molecule has 1 saturated heterocycles. The van der Waals surface area contributed by atoms with Crippen LogP contribution in [0.5, 0.6) is 0 Å². The van der Waals surface area contributed by atoms with Crippen LogP contribution in [-0.2, 0) is 4.74 Å². The van der Waals surface area contributed by atoms with E-state index in [9.17, 15) is 0 Å². The van der Waals surface area contributed by atoms with E-state index in [1.54, 1.807) is 0 Å². The molecule has 2 N–H and O–H groups in total. The van der Waals surface area contributed by atoms with Crippen LogP contribution >= 0.6 is 0 Å². The van der Waals surface area contributed by atoms with E-state index in [1.807, 2.05) is 0 Å². The van der Waals surface area contributed by atoms with Crippen LogP contribution in [-0.4, -0.2) is 37.2 Å². The minimum Gasteiger partial charge on any atom is -0.376 e. The summed E-state index contributed by atoms with van der Waals surface area (Å²) in [5.74, 6) is 0. The molecule has 0 aromatic heterocycles. The fraction of sp³-hybridized carbons (Fsp3) is 0.571. The van der Waals surface area contributed by atoms with Gasteiger partial charge in [-0.05, 0) is 19.4 Å². The Balaban J connectivity index is 1.91. The maximum atomic E-state index is 6.24. The topological polar surface area (TPSA) is 38.5 Å². The first-order valence-corrected chi connectivity index (χ1v) is 6.31. The summed E-state index contributed by atoms with van der Waals surface area (Å²) >= 11 is 0. The van der Waals surface area contributed by atoms with E-state index in [1.165, 1.54) is 11.1 Å². The van der Waals surface area contributed by atoms with Gasteiger partial charge in [-0.1, -0.05) is 29.8 Å². The molecule has 1 fully saturated rings. The van der Waals surface area contributed by atoms with Crippen LogP contribution in [0.4, 0.5) is 0 Å². The van der Waals surface area contributed by atoms with E-state index in [2.05, 4.69) is 43.0 Å². The van der Waals surface area contributed by atoms with E-state index in [4.69, 9.17) is 10.5 Å². The highest BCUT2D eigenvalue weighted by atomic mass is 16.5. The molecule has 2 rings (SSSR count). The van der Waals surface area contributed by atoms with Gasteiger partial charge >= 0.3 is 0 Å². The molecule has 3 nitrogen and oxygen atoms in total. The molecular weight excluding hydrogens is 212 g/mol. The summed E-state index contributed by atoms with van der Waals surface area (Å²) in [6, 6.07) is 8.60. The lowest BCUT2D eigenvalue weighted by Gasteiger charge is -2.32. The zero-order chi connectivity index (χ0) is 12.3. The van der Waals surface area contributed by atoms with Crippen molar-refractivity contribution >= 4 is 0 Å². The SMILES string of the molecule is Cc1ccc(C(N)CN2CCOC(C)C2)cc1. The third-order valence-electron chi connectivity index (χ3n) is 3.29. The third kappa shape index (κ3) is 3.53. The fourth-order valence-electron chi connectivity index (χ4n) is 2.25. The molecule has 0 bridgehead atoms. The molecule has 17 heavy (non-hydrogen) atoms. The largest absolute Gasteiger partial charge is 0.376 e. The molecule has 1 aromatic rings. The summed E-state index contributed by atoms with van der Waals surface area (Å²) in [7, 11) is 0. The molecule has 1 heterocycles. The number of nitrogens with zero attached hydrogens (tertiary/aromatic N) is 1. The van der Waals surface area contributed by atoms with Gasteiger partial charge in [-0.25, -0.2) is 0 Å². The zero-order valence-electron chi connectivity index (χ0n) is 10.7. The van der Waals surface area contributed by atoms with Crippen LogP contribution in [0, 0.1) is 6.92 Å². The highest BCUT2D eigenvalue weighted by molar-refractivity contribution is 5.24. The number of rotatable bonds is 3. The van der Waals surface area contributed by atoms with E-state index in [0.29, 0.717) is 6.10 Å². The Labute approximate surface area is 104 Å². The Bertz CT molecular complexity index is 350. The molecule has 3 heteroatoms. The lowest BCUT2D eigenvalue weighted by Crippen LogP contribution is -2.44. The van der Waals surface area contributed by atoms with Gasteiger partial charge in [0.1, 0.15) is 0 Å². The van der Waals surface area contributed by atoms with Crippen molar-refractivity contribution < 1.29 is 4.74 Å². The molecule has 2 unspecified atom stereocenters. The average Bonchev–Trinajstić information content (AvgIpc) is 2.29. The molecule has 94 valence electrons. The summed E-state index contributed by atoms with van der Waals surface area (Å²) in [5.41, 5.74) is 8.73. The monoisotopic (exact) mass is 234 g/mol. The Morgan fingerprint density at radius 3 is 2.76 bits per heavy atom. The van der Waals surface area contributed by atoms with E-state index >= 15 is 0 Å². The maximum absolute atomic E-state index is 6.24. The number of hydrogen-bond donors (Lipinski definition) is 1. The number of nitrogens with two attached hydrogens (primary N) is 1. The summed E-state index contributed by atoms with van der Waals surface area (Å²) in [5, 5.41) is 0. The number of morpholine rings is 1. The van der Waals surface area contributed by atoms with E-state index in [0.717, 1.165) is 26.2 Å². The summed E-state index contributed by atoms with van der Waals surface area (Å²) in [6.07, 6.45) is 0.328. The van der Waals surface area contributed by atoms with Crippen LogP contribution in [0.3, 0.4) is 0 Å². The first kappa shape index (κ1) is 12.6. The predicted octanol–water partition coefficient (Wildman–Crippen LogP) is 1.72. The number of benzene rings is 1. The second kappa shape index (κ2) is 5.63. The quantitative estimate of drug-likeness (QED) is 0.865. The summed E-state index contributed by atoms with van der Waals surface area (Å²) in [6.45, 7) is 7.92. The van der Waals surface area contributed by atoms with Crippen molar-refractivity contribution in [3.63, 3.8) is 0 Å². The first-order chi connectivity index (χ1) is 8.15. The van der Waals surface area contributed by atoms with Gasteiger partial charge < -0.3 is 10.5 Å².